The molecule has 0 radical (unpaired) electrons. The quantitative estimate of drug-likeness (QED) is 0.473. The fourth-order valence-corrected chi connectivity index (χ4v) is 3.69. The van der Waals surface area contributed by atoms with Crippen LogP contribution in [-0.2, 0) is 16.6 Å². The molecule has 1 N–H and O–H groups in total. The van der Waals surface area contributed by atoms with E-state index in [9.17, 15) is 19.1 Å². The van der Waals surface area contributed by atoms with E-state index in [-0.39, 0.29) is 17.9 Å². The van der Waals surface area contributed by atoms with Crippen molar-refractivity contribution in [2.45, 2.75) is 19.9 Å². The molecule has 29 heavy (non-hydrogen) atoms. The van der Waals surface area contributed by atoms with Gasteiger partial charge in [-0.2, -0.15) is 5.10 Å². The predicted octanol–water partition coefficient (Wildman–Crippen LogP) is 2.16. The molecule has 1 aliphatic heterocycles. The molecule has 1 aromatic heterocycles. The number of hydrogen-bond donors (Lipinski definition) is 1. The minimum Gasteiger partial charge on any atom is -0.507 e. The predicted molar refractivity (Wildman–Crippen MR) is 107 cm³/mol. The summed E-state index contributed by atoms with van der Waals surface area (Å²) < 4.78 is 15.6. The Bertz CT molecular complexity index is 1010. The number of aryl methyl sites for hydroxylation is 2. The maximum absolute atomic E-state index is 14.0. The number of benzene rings is 1. The molecule has 0 aliphatic carbocycles. The minimum absolute atomic E-state index is 0.0430. The lowest BCUT2D eigenvalue weighted by molar-refractivity contribution is -0.140. The normalized spacial score (nSPS) is 18.9. The third-order valence-electron chi connectivity index (χ3n) is 5.24. The first-order chi connectivity index (χ1) is 13.6. The van der Waals surface area contributed by atoms with Crippen molar-refractivity contribution < 1.29 is 19.1 Å². The number of halogens is 1. The van der Waals surface area contributed by atoms with E-state index in [1.165, 1.54) is 23.1 Å². The van der Waals surface area contributed by atoms with E-state index < -0.39 is 23.5 Å². The van der Waals surface area contributed by atoms with Gasteiger partial charge in [-0.1, -0.05) is 12.1 Å². The Hall–Kier alpha value is -3.00. The molecule has 8 heteroatoms. The van der Waals surface area contributed by atoms with Crippen molar-refractivity contribution in [3.05, 3.63) is 58.2 Å². The Kier molecular flexibility index (Phi) is 5.57. The van der Waals surface area contributed by atoms with E-state index in [4.69, 9.17) is 0 Å². The number of aliphatic hydroxyl groups is 1. The zero-order chi connectivity index (χ0) is 21.5. The average Bonchev–Trinajstić information content (AvgIpc) is 3.05. The number of rotatable bonds is 5. The smallest absolute Gasteiger partial charge is 0.295 e. The van der Waals surface area contributed by atoms with E-state index in [1.807, 2.05) is 19.0 Å². The fraction of sp³-hybridized carbons (Fsp3) is 0.381. The lowest BCUT2D eigenvalue weighted by Gasteiger charge is -2.26. The molecule has 154 valence electrons. The van der Waals surface area contributed by atoms with Gasteiger partial charge in [0.05, 0.1) is 22.9 Å². The topological polar surface area (TPSA) is 78.7 Å². The summed E-state index contributed by atoms with van der Waals surface area (Å²) in [5.41, 5.74) is 2.01. The number of carbonyl (C=O) groups excluding carboxylic acids is 2. The summed E-state index contributed by atoms with van der Waals surface area (Å²) in [7, 11) is 5.45. The zero-order valence-electron chi connectivity index (χ0n) is 17.2. The summed E-state index contributed by atoms with van der Waals surface area (Å²) in [5.74, 6) is -2.25. The number of nitrogens with zero attached hydrogens (tertiary/aromatic N) is 4. The first-order valence-electron chi connectivity index (χ1n) is 9.32. The number of aliphatic hydroxyl groups excluding tert-OH is 1. The summed E-state index contributed by atoms with van der Waals surface area (Å²) in [4.78, 5) is 29.0. The number of likely N-dealkylation sites (tertiary alicyclic amines) is 1. The van der Waals surface area contributed by atoms with Gasteiger partial charge in [-0.25, -0.2) is 4.39 Å². The first kappa shape index (κ1) is 20.7. The van der Waals surface area contributed by atoms with E-state index in [0.717, 1.165) is 0 Å². The van der Waals surface area contributed by atoms with Crippen LogP contribution in [0.4, 0.5) is 4.39 Å². The average molecular weight is 400 g/mol. The number of likely N-dealkylation sites (N-methyl/N-ethyl adjacent to an activating group) is 1. The number of amides is 1. The van der Waals surface area contributed by atoms with Crippen LogP contribution in [0.3, 0.4) is 0 Å². The van der Waals surface area contributed by atoms with Crippen LogP contribution in [0.1, 0.15) is 28.6 Å². The number of aromatic nitrogens is 2. The molecule has 1 aromatic carbocycles. The molecular formula is C21H25FN4O3. The molecule has 0 bridgehead atoms. The molecular weight excluding hydrogens is 375 g/mol. The Morgan fingerprint density at radius 1 is 1.28 bits per heavy atom. The van der Waals surface area contributed by atoms with Gasteiger partial charge in [-0.3, -0.25) is 14.3 Å². The summed E-state index contributed by atoms with van der Waals surface area (Å²) in [6.07, 6.45) is 0. The Morgan fingerprint density at radius 3 is 2.52 bits per heavy atom. The lowest BCUT2D eigenvalue weighted by atomic mass is 9.94. The van der Waals surface area contributed by atoms with Crippen LogP contribution in [0.15, 0.2) is 29.8 Å². The Balaban J connectivity index is 2.22. The van der Waals surface area contributed by atoms with Crippen molar-refractivity contribution >= 4 is 17.4 Å². The van der Waals surface area contributed by atoms with Gasteiger partial charge in [-0.15, -0.1) is 0 Å². The number of carbonyl (C=O) groups is 2. The van der Waals surface area contributed by atoms with Crippen molar-refractivity contribution in [1.82, 2.24) is 19.6 Å². The molecule has 0 unspecified atom stereocenters. The molecule has 0 spiro atoms. The molecule has 1 aliphatic rings. The van der Waals surface area contributed by atoms with Gasteiger partial charge in [0.15, 0.2) is 0 Å². The van der Waals surface area contributed by atoms with E-state index in [2.05, 4.69) is 5.10 Å². The second-order valence-corrected chi connectivity index (χ2v) is 7.52. The largest absolute Gasteiger partial charge is 0.507 e. The maximum Gasteiger partial charge on any atom is 0.295 e. The third kappa shape index (κ3) is 3.67. The van der Waals surface area contributed by atoms with Crippen LogP contribution in [0, 0.1) is 19.7 Å². The highest BCUT2D eigenvalue weighted by molar-refractivity contribution is 6.46. The van der Waals surface area contributed by atoms with E-state index in [0.29, 0.717) is 29.1 Å². The van der Waals surface area contributed by atoms with Gasteiger partial charge in [0.2, 0.25) is 0 Å². The zero-order valence-corrected chi connectivity index (χ0v) is 17.2. The summed E-state index contributed by atoms with van der Waals surface area (Å²) in [6, 6.07) is 4.89. The molecule has 7 nitrogen and oxygen atoms in total. The molecule has 2 heterocycles. The van der Waals surface area contributed by atoms with Crippen LogP contribution in [0.5, 0.6) is 0 Å². The Morgan fingerprint density at radius 2 is 1.97 bits per heavy atom. The second-order valence-electron chi connectivity index (χ2n) is 7.52. The number of ketones is 1. The second kappa shape index (κ2) is 7.79. The van der Waals surface area contributed by atoms with Crippen LogP contribution in [-0.4, -0.2) is 63.6 Å². The number of hydrogen-bond acceptors (Lipinski definition) is 5. The van der Waals surface area contributed by atoms with Crippen LogP contribution < -0.4 is 0 Å². The molecule has 1 saturated heterocycles. The Labute approximate surface area is 169 Å². The maximum atomic E-state index is 14.0. The van der Waals surface area contributed by atoms with Gasteiger partial charge < -0.3 is 14.9 Å². The van der Waals surface area contributed by atoms with Gasteiger partial charge >= 0.3 is 0 Å². The molecule has 1 fully saturated rings. The van der Waals surface area contributed by atoms with Gasteiger partial charge in [0, 0.05) is 25.8 Å². The fourth-order valence-electron chi connectivity index (χ4n) is 3.69. The van der Waals surface area contributed by atoms with Crippen molar-refractivity contribution in [2.75, 3.05) is 27.2 Å². The lowest BCUT2D eigenvalue weighted by Crippen LogP contribution is -2.35. The summed E-state index contributed by atoms with van der Waals surface area (Å²) >= 11 is 0. The highest BCUT2D eigenvalue weighted by Gasteiger charge is 2.46. The summed E-state index contributed by atoms with van der Waals surface area (Å²) in [5, 5.41) is 15.4. The SMILES string of the molecule is Cc1nn(C)c(C)c1C(O)=C1C(=O)C(=O)N(CCN(C)C)[C@@H]1c1cccc(F)c1. The van der Waals surface area contributed by atoms with Crippen LogP contribution >= 0.6 is 0 Å². The highest BCUT2D eigenvalue weighted by atomic mass is 19.1. The van der Waals surface area contributed by atoms with Crippen molar-refractivity contribution in [3.8, 4) is 0 Å². The monoisotopic (exact) mass is 400 g/mol. The number of Topliss-reactive ketones (excluding diaryl/α,β-unsaturated/α-hetero) is 1. The van der Waals surface area contributed by atoms with Gasteiger partial charge in [-0.05, 0) is 45.6 Å². The van der Waals surface area contributed by atoms with Crippen molar-refractivity contribution in [3.63, 3.8) is 0 Å². The van der Waals surface area contributed by atoms with Gasteiger partial charge in [0.25, 0.3) is 11.7 Å². The van der Waals surface area contributed by atoms with Crippen LogP contribution in [0.25, 0.3) is 5.76 Å². The summed E-state index contributed by atoms with van der Waals surface area (Å²) in [6.45, 7) is 4.28. The van der Waals surface area contributed by atoms with Crippen molar-refractivity contribution in [2.24, 2.45) is 7.05 Å². The van der Waals surface area contributed by atoms with E-state index >= 15 is 0 Å². The minimum atomic E-state index is -0.871. The van der Waals surface area contributed by atoms with Crippen molar-refractivity contribution in [1.29, 1.82) is 0 Å². The van der Waals surface area contributed by atoms with E-state index in [1.54, 1.807) is 31.6 Å². The standard InChI is InChI=1S/C21H25FN4O3/c1-12-16(13(2)25(5)23-12)19(27)17-18(14-7-6-8-15(22)11-14)26(10-9-24(3)4)21(29)20(17)28/h6-8,11,18,27H,9-10H2,1-5H3/t18-/m1/s1. The first-order valence-corrected chi connectivity index (χ1v) is 9.32. The third-order valence-corrected chi connectivity index (χ3v) is 5.24. The highest BCUT2D eigenvalue weighted by Crippen LogP contribution is 2.40. The molecule has 2 aromatic rings. The molecule has 0 saturated carbocycles. The molecule has 1 atom stereocenters. The van der Waals surface area contributed by atoms with Crippen LogP contribution in [0.2, 0.25) is 0 Å². The van der Waals surface area contributed by atoms with Gasteiger partial charge in [0.1, 0.15) is 11.6 Å². The molecule has 3 rings (SSSR count). The molecule has 1 amide bonds.